The number of aldehydes is 1. The van der Waals surface area contributed by atoms with Gasteiger partial charge in [0, 0.05) is 82.8 Å². The lowest BCUT2D eigenvalue weighted by Gasteiger charge is -2.38. The zero-order valence-electron chi connectivity index (χ0n) is 75.2. The number of carboxylic acid groups (broad SMARTS) is 1. The maximum Gasteiger partial charge on any atom is 0.305 e. The molecule has 3 heterocycles. The third-order valence-electron chi connectivity index (χ3n) is 23.4. The number of phenolic OH excluding ortho intramolecular Hbond substituents is 1. The monoisotopic (exact) mass is 1810 g/mol. The molecule has 17 N–H and O–H groups in total. The lowest BCUT2D eigenvalue weighted by molar-refractivity contribution is -0.152. The molecule has 13 atom stereocenters. The number of fused-ring (bicyclic) bond motifs is 1. The Morgan fingerprint density at radius 2 is 1.08 bits per heavy atom. The Morgan fingerprint density at radius 1 is 0.538 bits per heavy atom. The second-order valence-electron chi connectivity index (χ2n) is 34.1. The molecule has 0 spiro atoms. The number of amides is 14. The SMILES string of the molecule is CCCC[C@@H](C(=O)N1CCC[C@@H]1C(=O)N[C@@H](CC(=O)O)C(=O)N[C@H](C(=O)N(C)[C@@H](Cc1ccccc1)C(=O)N[C@@H](CCCCN)C(=O)N1CCC[C@@H]1C(=O)N[C@H](C=O)Cc1c[nH]c2ccccc12)C(C)C)N(C)C(=O)[C@H](Cc1ccccc1)N(C)C(=O)[C@H](Cc1ccccc1)NC(=O)CSC[C@H](NC(=O)[C@H](CC(C)C)NC(=O)[C@@H](N)Cc1ccc(O)cc1)C(=O)NCC(N)=O. The molecule has 0 aliphatic carbocycles. The van der Waals surface area contributed by atoms with Gasteiger partial charge < -0.3 is 104 Å². The number of carboxylic acids is 1. The molecule has 8 rings (SSSR count). The summed E-state index contributed by atoms with van der Waals surface area (Å²) in [7, 11) is 4.16. The summed E-state index contributed by atoms with van der Waals surface area (Å²) in [5.41, 5.74) is 21.7. The largest absolute Gasteiger partial charge is 0.508 e. The van der Waals surface area contributed by atoms with E-state index in [0.29, 0.717) is 60.6 Å². The molecule has 130 heavy (non-hydrogen) atoms. The predicted molar refractivity (Wildman–Crippen MR) is 489 cm³/mol. The van der Waals surface area contributed by atoms with Crippen LogP contribution >= 0.6 is 11.8 Å². The van der Waals surface area contributed by atoms with E-state index < -0.39 is 192 Å². The highest BCUT2D eigenvalue weighted by Crippen LogP contribution is 2.28. The number of thioether (sulfide) groups is 1. The molecule has 0 unspecified atom stereocenters. The van der Waals surface area contributed by atoms with Crippen LogP contribution in [0.25, 0.3) is 10.9 Å². The van der Waals surface area contributed by atoms with Crippen LogP contribution in [0.3, 0.4) is 0 Å². The molecule has 0 bridgehead atoms. The predicted octanol–water partition coefficient (Wildman–Crippen LogP) is 2.60. The number of aromatic hydroxyl groups is 1. The van der Waals surface area contributed by atoms with E-state index in [9.17, 15) is 63.0 Å². The normalized spacial score (nSPS) is 16.2. The lowest BCUT2D eigenvalue weighted by Crippen LogP contribution is -2.61. The summed E-state index contributed by atoms with van der Waals surface area (Å²) in [5, 5.41) is 42.5. The van der Waals surface area contributed by atoms with Gasteiger partial charge in [0.1, 0.15) is 78.5 Å². The van der Waals surface area contributed by atoms with E-state index in [1.54, 1.807) is 123 Å². The molecule has 14 amide bonds. The van der Waals surface area contributed by atoms with Gasteiger partial charge in [-0.2, -0.15) is 0 Å². The summed E-state index contributed by atoms with van der Waals surface area (Å²) in [5.74, 6) is -13.8. The topological polar surface area (TPSA) is 520 Å². The number of likely N-dealkylation sites (tertiary alicyclic amines) is 2. The zero-order valence-corrected chi connectivity index (χ0v) is 76.0. The van der Waals surface area contributed by atoms with Crippen molar-refractivity contribution in [3.05, 3.63) is 174 Å². The average molecular weight is 1820 g/mol. The van der Waals surface area contributed by atoms with Gasteiger partial charge in [-0.15, -0.1) is 11.8 Å². The average Bonchev–Trinajstić information content (AvgIpc) is 1.18. The van der Waals surface area contributed by atoms with E-state index in [-0.39, 0.29) is 108 Å². The van der Waals surface area contributed by atoms with Crippen molar-refractivity contribution < 1.29 is 86.9 Å². The van der Waals surface area contributed by atoms with Crippen LogP contribution in [0.2, 0.25) is 0 Å². The lowest BCUT2D eigenvalue weighted by atomic mass is 9.98. The van der Waals surface area contributed by atoms with Gasteiger partial charge in [0.2, 0.25) is 82.7 Å². The van der Waals surface area contributed by atoms with Crippen LogP contribution in [0.5, 0.6) is 5.75 Å². The van der Waals surface area contributed by atoms with Crippen LogP contribution in [-0.4, -0.2) is 272 Å². The van der Waals surface area contributed by atoms with E-state index in [2.05, 4.69) is 47.5 Å². The third-order valence-corrected chi connectivity index (χ3v) is 24.4. The van der Waals surface area contributed by atoms with Crippen molar-refractivity contribution >= 4 is 118 Å². The number of carbonyl (C=O) groups is 16. The van der Waals surface area contributed by atoms with Crippen LogP contribution in [0, 0.1) is 11.8 Å². The minimum atomic E-state index is -1.86. The van der Waals surface area contributed by atoms with E-state index in [4.69, 9.17) is 17.2 Å². The number of aliphatic carboxylic acids is 1. The number of hydrogen-bond acceptors (Lipinski definition) is 20. The highest BCUT2D eigenvalue weighted by molar-refractivity contribution is 8.00. The molecule has 2 aliphatic rings. The van der Waals surface area contributed by atoms with Gasteiger partial charge in [0.15, 0.2) is 0 Å². The van der Waals surface area contributed by atoms with Gasteiger partial charge in [0.05, 0.1) is 30.8 Å². The van der Waals surface area contributed by atoms with Crippen LogP contribution < -0.4 is 59.7 Å². The number of unbranched alkanes of at least 4 members (excludes halogenated alkanes) is 2. The second-order valence-corrected chi connectivity index (χ2v) is 35.1. The quantitative estimate of drug-likeness (QED) is 0.0193. The van der Waals surface area contributed by atoms with Gasteiger partial charge in [0.25, 0.3) is 0 Å². The molecule has 5 aromatic carbocycles. The first-order valence-corrected chi connectivity index (χ1v) is 45.5. The molecule has 0 saturated carbocycles. The van der Waals surface area contributed by atoms with Crippen molar-refractivity contribution in [3.8, 4) is 5.75 Å². The molecule has 702 valence electrons. The maximum absolute atomic E-state index is 15.7. The Balaban J connectivity index is 0.967. The summed E-state index contributed by atoms with van der Waals surface area (Å²) >= 11 is 0.888. The summed E-state index contributed by atoms with van der Waals surface area (Å²) in [6.07, 6.45) is 4.43. The van der Waals surface area contributed by atoms with Crippen LogP contribution in [0.4, 0.5) is 0 Å². The minimum Gasteiger partial charge on any atom is -0.508 e. The Labute approximate surface area is 762 Å². The highest BCUT2D eigenvalue weighted by atomic mass is 32.2. The zero-order chi connectivity index (χ0) is 94.8. The molecule has 6 aromatic rings. The van der Waals surface area contributed by atoms with Gasteiger partial charge >= 0.3 is 5.97 Å². The number of primary amides is 1. The highest BCUT2D eigenvalue weighted by Gasteiger charge is 2.46. The molecule has 0 radical (unpaired) electrons. The van der Waals surface area contributed by atoms with E-state index in [1.165, 1.54) is 52.9 Å². The summed E-state index contributed by atoms with van der Waals surface area (Å²) in [6, 6.07) is 22.9. The van der Waals surface area contributed by atoms with Crippen LogP contribution in [-0.2, 0) is 109 Å². The van der Waals surface area contributed by atoms with Crippen molar-refractivity contribution in [2.45, 2.75) is 222 Å². The minimum absolute atomic E-state index is 0.0122. The first-order chi connectivity index (χ1) is 62.1. The van der Waals surface area contributed by atoms with Crippen molar-refractivity contribution in [1.82, 2.24) is 72.0 Å². The molecule has 2 saturated heterocycles. The number of nitrogens with zero attached hydrogens (tertiary/aromatic N) is 5. The van der Waals surface area contributed by atoms with Gasteiger partial charge in [-0.1, -0.05) is 169 Å². The van der Waals surface area contributed by atoms with E-state index in [1.807, 2.05) is 45.0 Å². The van der Waals surface area contributed by atoms with Gasteiger partial charge in [-0.3, -0.25) is 71.9 Å². The number of para-hydroxylation sites is 1. The number of nitrogens with two attached hydrogens (primary N) is 3. The Morgan fingerprint density at radius 3 is 1.65 bits per heavy atom. The van der Waals surface area contributed by atoms with Crippen LogP contribution in [0.15, 0.2) is 146 Å². The Kier molecular flexibility index (Phi) is 40.3. The number of carbonyl (C=O) groups excluding carboxylic acids is 15. The summed E-state index contributed by atoms with van der Waals surface area (Å²) < 4.78 is 0. The molecular formula is C94H127N17O18S. The first-order valence-electron chi connectivity index (χ1n) is 44.4. The second kappa shape index (κ2) is 51.0. The number of hydrogen-bond donors (Lipinski definition) is 14. The maximum atomic E-state index is 15.7. The number of H-pyrrole nitrogens is 1. The fraction of sp³-hybridized carbons (Fsp3) is 0.489. The van der Waals surface area contributed by atoms with Crippen molar-refractivity contribution in [2.75, 3.05) is 58.8 Å². The van der Waals surface area contributed by atoms with Gasteiger partial charge in [-0.05, 0) is 129 Å². The number of rotatable bonds is 51. The standard InChI is InChI=1S/C94H127N17O18S/c1-9-10-35-76(107(6)92(127)78(49-61-30-18-13-19-31-61)109(8)90(125)72(47-59-26-14-11-15-27-59)101-80(115)56-130-55-73(84(119)99-53-79(97)114)105-85(120)70(45-57(2)3)103-83(118)67(96)46-62-38-40-65(113)41-39-62)93(128)111-44-25-37-75(111)88(123)104-71(51-81(116)117)86(121)106-82(58(4)5)94(129)108(7)77(48-60-28-16-12-17-29-60)89(124)102-69(34-22-23-42-95)91(126)110-43-24-36-74(110)87(122)100-64(54-112)50-63-52-98-68-33-21-20-32-66(63)68/h11-21,26-33,38-41,52,54,57-58,64,67,69-78,82,98,113H,9-10,22-25,34-37,42-51,53,55-56,95-96H2,1-8H3,(H2,97,114)(H,99,119)(H,100,122)(H,101,115)(H,102,124)(H,103,118)(H,104,123)(H,105,120)(H,106,121)(H,116,117)/t64-,67-,69-,70-,71-,72-,73-,74+,75+,76-,77-,78-,82-/m0/s1. The van der Waals surface area contributed by atoms with Crippen molar-refractivity contribution in [2.24, 2.45) is 29.0 Å². The van der Waals surface area contributed by atoms with E-state index >= 15 is 24.0 Å². The molecule has 36 heteroatoms. The number of aromatic nitrogens is 1. The van der Waals surface area contributed by atoms with Crippen molar-refractivity contribution in [1.29, 1.82) is 0 Å². The van der Waals surface area contributed by atoms with Crippen molar-refractivity contribution in [3.63, 3.8) is 0 Å². The molecule has 2 fully saturated rings. The smallest absolute Gasteiger partial charge is 0.305 e. The number of likely N-dealkylation sites (N-methyl/N-ethyl adjacent to an activating group) is 3. The first kappa shape index (κ1) is 103. The Bertz CT molecular complexity index is 4850. The fourth-order valence-corrected chi connectivity index (χ4v) is 17.0. The molecule has 1 aromatic heterocycles. The molecular weight excluding hydrogens is 1690 g/mol. The number of phenols is 1. The summed E-state index contributed by atoms with van der Waals surface area (Å²) in [4.78, 5) is 238. The van der Waals surface area contributed by atoms with E-state index in [0.717, 1.165) is 33.1 Å². The molecule has 2 aliphatic heterocycles. The number of benzene rings is 5. The fourth-order valence-electron chi connectivity index (χ4n) is 16.2. The Hall–Kier alpha value is -12.6. The van der Waals surface area contributed by atoms with Gasteiger partial charge in [-0.25, -0.2) is 0 Å². The molecule has 35 nitrogen and oxygen atoms in total. The third kappa shape index (κ3) is 30.3. The van der Waals surface area contributed by atoms with Crippen LogP contribution in [0.1, 0.15) is 139 Å². The summed E-state index contributed by atoms with van der Waals surface area (Å²) in [6.45, 7) is 8.53. The number of aromatic amines is 1. The number of nitrogens with one attached hydrogen (secondary N) is 9.